The number of ether oxygens (including phenoxy) is 2. The number of nitrogens with zero attached hydrogens (tertiary/aromatic N) is 1. The molecule has 0 saturated heterocycles. The summed E-state index contributed by atoms with van der Waals surface area (Å²) < 4.78 is 10.6. The highest BCUT2D eigenvalue weighted by Crippen LogP contribution is 2.46. The first-order chi connectivity index (χ1) is 10.8. The lowest BCUT2D eigenvalue weighted by atomic mass is 9.72. The van der Waals surface area contributed by atoms with E-state index in [1.807, 2.05) is 6.07 Å². The van der Waals surface area contributed by atoms with Crippen LogP contribution in [-0.4, -0.2) is 24.9 Å². The molecule has 6 nitrogen and oxygen atoms in total. The number of hydrogen-bond acceptors (Lipinski definition) is 5. The van der Waals surface area contributed by atoms with Crippen LogP contribution in [0.5, 0.6) is 5.75 Å². The van der Waals surface area contributed by atoms with Crippen molar-refractivity contribution in [2.45, 2.75) is 51.2 Å². The summed E-state index contributed by atoms with van der Waals surface area (Å²) in [6, 6.07) is 5.38. The monoisotopic (exact) mass is 318 g/mol. The molecule has 0 spiro atoms. The molecule has 0 unspecified atom stereocenters. The zero-order valence-electron chi connectivity index (χ0n) is 13.9. The molecule has 1 N–H and O–H groups in total. The van der Waals surface area contributed by atoms with Gasteiger partial charge in [-0.1, -0.05) is 6.07 Å². The molecular weight excluding hydrogens is 296 g/mol. The number of carbonyl (C=O) groups is 1. The molecule has 0 bridgehead atoms. The zero-order chi connectivity index (χ0) is 17.1. The van der Waals surface area contributed by atoms with Crippen LogP contribution in [0.1, 0.15) is 45.6 Å². The molecule has 2 rings (SSSR count). The Balaban J connectivity index is 2.23. The van der Waals surface area contributed by atoms with E-state index in [1.54, 1.807) is 39.0 Å². The third-order valence-electron chi connectivity index (χ3n) is 3.81. The van der Waals surface area contributed by atoms with Crippen molar-refractivity contribution in [3.63, 3.8) is 0 Å². The molecular formula is C17H22N2O4. The van der Waals surface area contributed by atoms with Crippen LogP contribution in [0.15, 0.2) is 23.2 Å². The molecule has 6 heteroatoms. The van der Waals surface area contributed by atoms with Gasteiger partial charge in [0.25, 0.3) is 0 Å². The lowest BCUT2D eigenvalue weighted by molar-refractivity contribution is 0.0635. The van der Waals surface area contributed by atoms with Crippen LogP contribution in [-0.2, 0) is 15.1 Å². The van der Waals surface area contributed by atoms with Gasteiger partial charge in [0.2, 0.25) is 6.08 Å². The van der Waals surface area contributed by atoms with Crippen LogP contribution >= 0.6 is 0 Å². The lowest BCUT2D eigenvalue weighted by Gasteiger charge is -2.37. The number of aliphatic imine (C=N–C) groups is 1. The van der Waals surface area contributed by atoms with Gasteiger partial charge in [-0.15, -0.1) is 0 Å². The van der Waals surface area contributed by atoms with Crippen molar-refractivity contribution in [2.24, 2.45) is 4.99 Å². The van der Waals surface area contributed by atoms with Crippen molar-refractivity contribution in [3.8, 4) is 5.75 Å². The first-order valence-electron chi connectivity index (χ1n) is 7.57. The summed E-state index contributed by atoms with van der Waals surface area (Å²) in [6.07, 6.45) is 3.75. The van der Waals surface area contributed by atoms with Crippen molar-refractivity contribution in [1.29, 1.82) is 0 Å². The minimum atomic E-state index is -0.577. The molecule has 23 heavy (non-hydrogen) atoms. The number of methoxy groups -OCH3 is 1. The number of carbonyl (C=O) groups excluding carboxylic acids is 2. The van der Waals surface area contributed by atoms with Crippen molar-refractivity contribution in [3.05, 3.63) is 23.8 Å². The largest absolute Gasteiger partial charge is 0.495 e. The Kier molecular flexibility index (Phi) is 4.76. The Morgan fingerprint density at radius 2 is 2.04 bits per heavy atom. The Hall–Kier alpha value is -2.33. The topological polar surface area (TPSA) is 77.0 Å². The number of isocyanates is 1. The smallest absolute Gasteiger partial charge is 0.412 e. The normalized spacial score (nSPS) is 15.8. The lowest BCUT2D eigenvalue weighted by Crippen LogP contribution is -2.32. The van der Waals surface area contributed by atoms with Gasteiger partial charge in [-0.2, -0.15) is 4.99 Å². The van der Waals surface area contributed by atoms with Crippen LogP contribution in [0.2, 0.25) is 0 Å². The van der Waals surface area contributed by atoms with E-state index in [4.69, 9.17) is 9.47 Å². The standard InChI is InChI=1S/C17H22N2O4/c1-16(2,3)23-15(21)19-13-7-6-12(10-14(13)22-4)17(18-11-20)8-5-9-17/h6-7,10H,5,8-9H2,1-4H3,(H,19,21). The molecule has 0 aliphatic heterocycles. The van der Waals surface area contributed by atoms with Gasteiger partial charge in [0, 0.05) is 0 Å². The van der Waals surface area contributed by atoms with Gasteiger partial charge in [0.05, 0.1) is 18.3 Å². The maximum Gasteiger partial charge on any atom is 0.412 e. The molecule has 1 aromatic rings. The van der Waals surface area contributed by atoms with Gasteiger partial charge in [-0.05, 0) is 57.7 Å². The van der Waals surface area contributed by atoms with Gasteiger partial charge in [-0.25, -0.2) is 9.59 Å². The van der Waals surface area contributed by atoms with Crippen LogP contribution in [0.3, 0.4) is 0 Å². The summed E-state index contributed by atoms with van der Waals surface area (Å²) in [5.74, 6) is 0.501. The maximum absolute atomic E-state index is 11.9. The molecule has 0 aromatic heterocycles. The third kappa shape index (κ3) is 3.90. The first-order valence-corrected chi connectivity index (χ1v) is 7.57. The van der Waals surface area contributed by atoms with Crippen LogP contribution in [0.4, 0.5) is 10.5 Å². The van der Waals surface area contributed by atoms with E-state index in [2.05, 4.69) is 10.3 Å². The van der Waals surface area contributed by atoms with E-state index < -0.39 is 17.2 Å². The Labute approximate surface area is 135 Å². The van der Waals surface area contributed by atoms with Gasteiger partial charge < -0.3 is 9.47 Å². The number of anilines is 1. The predicted octanol–water partition coefficient (Wildman–Crippen LogP) is 3.76. The molecule has 1 saturated carbocycles. The summed E-state index contributed by atoms with van der Waals surface area (Å²) in [5, 5.41) is 2.67. The summed E-state index contributed by atoms with van der Waals surface area (Å²) in [5.41, 5.74) is 0.319. The van der Waals surface area contributed by atoms with Crippen molar-refractivity contribution in [1.82, 2.24) is 0 Å². The Morgan fingerprint density at radius 1 is 1.35 bits per heavy atom. The minimum Gasteiger partial charge on any atom is -0.495 e. The fourth-order valence-corrected chi connectivity index (χ4v) is 2.56. The zero-order valence-corrected chi connectivity index (χ0v) is 13.9. The minimum absolute atomic E-state index is 0.501. The molecule has 124 valence electrons. The number of hydrogen-bond donors (Lipinski definition) is 1. The van der Waals surface area contributed by atoms with Crippen molar-refractivity contribution >= 4 is 17.9 Å². The van der Waals surface area contributed by atoms with Crippen molar-refractivity contribution < 1.29 is 19.1 Å². The second-order valence-corrected chi connectivity index (χ2v) is 6.63. The van der Waals surface area contributed by atoms with E-state index in [-0.39, 0.29) is 0 Å². The third-order valence-corrected chi connectivity index (χ3v) is 3.81. The molecule has 1 aliphatic rings. The van der Waals surface area contributed by atoms with E-state index in [0.29, 0.717) is 11.4 Å². The highest BCUT2D eigenvalue weighted by Gasteiger charge is 2.39. The maximum atomic E-state index is 11.9. The van der Waals surface area contributed by atoms with Gasteiger partial charge >= 0.3 is 6.09 Å². The Morgan fingerprint density at radius 3 is 2.52 bits per heavy atom. The number of benzene rings is 1. The van der Waals surface area contributed by atoms with E-state index in [9.17, 15) is 9.59 Å². The van der Waals surface area contributed by atoms with Crippen LogP contribution < -0.4 is 10.1 Å². The quantitative estimate of drug-likeness (QED) is 0.677. The second kappa shape index (κ2) is 6.42. The van der Waals surface area contributed by atoms with E-state index in [0.717, 1.165) is 24.8 Å². The highest BCUT2D eigenvalue weighted by atomic mass is 16.6. The second-order valence-electron chi connectivity index (χ2n) is 6.63. The van der Waals surface area contributed by atoms with Crippen molar-refractivity contribution in [2.75, 3.05) is 12.4 Å². The number of amides is 1. The average Bonchev–Trinajstić information content (AvgIpc) is 2.41. The predicted molar refractivity (Wildman–Crippen MR) is 86.5 cm³/mol. The average molecular weight is 318 g/mol. The molecule has 0 heterocycles. The van der Waals surface area contributed by atoms with Crippen LogP contribution in [0.25, 0.3) is 0 Å². The molecule has 1 aliphatic carbocycles. The molecule has 0 atom stereocenters. The van der Waals surface area contributed by atoms with Gasteiger partial charge in [0.1, 0.15) is 11.4 Å². The number of rotatable bonds is 4. The number of nitrogens with one attached hydrogen (secondary N) is 1. The van der Waals surface area contributed by atoms with Gasteiger partial charge in [-0.3, -0.25) is 5.32 Å². The SMILES string of the molecule is COc1cc(C2(N=C=O)CCC2)ccc1NC(=O)OC(C)(C)C. The Bertz CT molecular complexity index is 638. The summed E-state index contributed by atoms with van der Waals surface area (Å²) in [6.45, 7) is 5.39. The summed E-state index contributed by atoms with van der Waals surface area (Å²) in [7, 11) is 1.52. The highest BCUT2D eigenvalue weighted by molar-refractivity contribution is 5.87. The first kappa shape index (κ1) is 17.0. The van der Waals surface area contributed by atoms with Gasteiger partial charge in [0.15, 0.2) is 0 Å². The summed E-state index contributed by atoms with van der Waals surface area (Å²) >= 11 is 0. The van der Waals surface area contributed by atoms with E-state index in [1.165, 1.54) is 7.11 Å². The molecule has 1 amide bonds. The van der Waals surface area contributed by atoms with E-state index >= 15 is 0 Å². The van der Waals surface area contributed by atoms with Crippen LogP contribution in [0, 0.1) is 0 Å². The molecule has 1 fully saturated rings. The molecule has 1 aromatic carbocycles. The summed E-state index contributed by atoms with van der Waals surface area (Å²) in [4.78, 5) is 26.6. The fraction of sp³-hybridized carbons (Fsp3) is 0.529. The fourth-order valence-electron chi connectivity index (χ4n) is 2.56. The molecule has 0 radical (unpaired) electrons.